The lowest BCUT2D eigenvalue weighted by atomic mass is 9.82. The summed E-state index contributed by atoms with van der Waals surface area (Å²) >= 11 is 11.7. The van der Waals surface area contributed by atoms with E-state index in [-0.39, 0.29) is 16.9 Å². The van der Waals surface area contributed by atoms with Crippen LogP contribution in [0.1, 0.15) is 34.6 Å². The summed E-state index contributed by atoms with van der Waals surface area (Å²) in [5, 5.41) is 11.6. The third kappa shape index (κ3) is 5.66. The third-order valence-corrected chi connectivity index (χ3v) is 5.92. The number of esters is 2. The molecule has 4 fully saturated rings. The lowest BCUT2D eigenvalue weighted by molar-refractivity contribution is -0.479. The normalized spacial score (nSPS) is 30.1. The molecule has 3 saturated heterocycles. The molecule has 186 valence electrons. The van der Waals surface area contributed by atoms with Crippen molar-refractivity contribution < 1.29 is 43.2 Å². The fraction of sp³-hybridized carbons (Fsp3) is 0.375. The van der Waals surface area contributed by atoms with Crippen molar-refractivity contribution in [3.05, 3.63) is 69.7 Å². The van der Waals surface area contributed by atoms with Crippen molar-refractivity contribution in [1.82, 2.24) is 0 Å². The topological polar surface area (TPSA) is 118 Å². The number of carbonyl (C=O) groups excluding carboxylic acids is 3. The maximum absolute atomic E-state index is 12.6. The monoisotopic (exact) mass is 524 g/mol. The molecule has 35 heavy (non-hydrogen) atoms. The molecule has 3 aliphatic heterocycles. The molecule has 3 heterocycles. The van der Waals surface area contributed by atoms with E-state index in [1.54, 1.807) is 24.3 Å². The molecule has 2 aromatic carbocycles. The van der Waals surface area contributed by atoms with E-state index in [0.29, 0.717) is 10.0 Å². The van der Waals surface area contributed by atoms with Gasteiger partial charge < -0.3 is 33.6 Å². The second-order valence-electron chi connectivity index (χ2n) is 8.24. The summed E-state index contributed by atoms with van der Waals surface area (Å²) in [5.74, 6) is -1.14. The van der Waals surface area contributed by atoms with Gasteiger partial charge in [0.15, 0.2) is 12.2 Å². The molecule has 2 aromatic rings. The predicted octanol–water partition coefficient (Wildman–Crippen LogP) is 3.18. The minimum atomic E-state index is -1.19. The molecule has 0 amide bonds. The number of aliphatic hydroxyl groups excluding tert-OH is 1. The highest BCUT2D eigenvalue weighted by atomic mass is 35.5. The van der Waals surface area contributed by atoms with E-state index in [1.165, 1.54) is 38.1 Å². The fourth-order valence-electron chi connectivity index (χ4n) is 3.91. The SMILES string of the molecule is CC(C)=O.O=C(O[C@H]1C2OC3O[C@@H]1C(O)[C@H](O3)[C@H]2OC(=O)c1ccc(Cl)cc1)c1ccc(Cl)cc1. The number of aliphatic hydroxyl groups is 1. The fourth-order valence-corrected chi connectivity index (χ4v) is 4.16. The van der Waals surface area contributed by atoms with Crippen LogP contribution in [0.25, 0.3) is 0 Å². The molecular weight excluding hydrogens is 503 g/mol. The van der Waals surface area contributed by atoms with Gasteiger partial charge in [0.2, 0.25) is 0 Å². The highest BCUT2D eigenvalue weighted by molar-refractivity contribution is 6.31. The summed E-state index contributed by atoms with van der Waals surface area (Å²) in [6.07, 6.45) is -5.87. The van der Waals surface area contributed by atoms with Crippen molar-refractivity contribution in [2.45, 2.75) is 56.9 Å². The molecule has 7 atom stereocenters. The Kier molecular flexibility index (Phi) is 7.75. The molecule has 1 saturated carbocycles. The number of rotatable bonds is 4. The van der Waals surface area contributed by atoms with Crippen molar-refractivity contribution in [1.29, 1.82) is 0 Å². The van der Waals surface area contributed by atoms with Crippen LogP contribution in [0.2, 0.25) is 10.0 Å². The number of ether oxygens (including phenoxy) is 5. The van der Waals surface area contributed by atoms with Gasteiger partial charge in [-0.25, -0.2) is 9.59 Å². The molecule has 1 aliphatic carbocycles. The number of Topliss-reactive ketones (excluding diaryl/α,β-unsaturated/α-hetero) is 1. The van der Waals surface area contributed by atoms with E-state index < -0.39 is 55.0 Å². The van der Waals surface area contributed by atoms with Crippen LogP contribution in [0, 0.1) is 0 Å². The van der Waals surface area contributed by atoms with Crippen LogP contribution in [0.15, 0.2) is 48.5 Å². The van der Waals surface area contributed by atoms with Crippen LogP contribution < -0.4 is 0 Å². The Morgan fingerprint density at radius 3 is 1.43 bits per heavy atom. The standard InChI is InChI=1S/C21H16Cl2O8.C3H6O/c22-11-5-1-9(2-6-11)19(25)27-16-14-13(24)15-17(18(16)31-21(29-14)30-15)28-20(26)10-3-7-12(23)8-4-10;1-3(2)4/h1-8,13-18,21,24H;1-2H3/t13?,14-,15+,16-,17-,18?,21?;/m1./s1. The van der Waals surface area contributed by atoms with Gasteiger partial charge in [0, 0.05) is 10.0 Å². The van der Waals surface area contributed by atoms with Crippen LogP contribution in [0.3, 0.4) is 0 Å². The minimum Gasteiger partial charge on any atom is -0.453 e. The Bertz CT molecular complexity index is 1010. The van der Waals surface area contributed by atoms with Gasteiger partial charge in [-0.1, -0.05) is 23.2 Å². The summed E-state index contributed by atoms with van der Waals surface area (Å²) in [6.45, 7) is 2.01. The van der Waals surface area contributed by atoms with Gasteiger partial charge in [0.1, 0.15) is 30.2 Å². The predicted molar refractivity (Wildman–Crippen MR) is 122 cm³/mol. The van der Waals surface area contributed by atoms with Gasteiger partial charge in [-0.15, -0.1) is 0 Å². The lowest BCUT2D eigenvalue weighted by Crippen LogP contribution is -2.76. The zero-order chi connectivity index (χ0) is 25.3. The highest BCUT2D eigenvalue weighted by Crippen LogP contribution is 2.42. The average Bonchev–Trinajstić information content (AvgIpc) is 2.81. The Hall–Kier alpha value is -2.53. The smallest absolute Gasteiger partial charge is 0.338 e. The number of hydrogen-bond acceptors (Lipinski definition) is 9. The van der Waals surface area contributed by atoms with Crippen molar-refractivity contribution in [2.24, 2.45) is 0 Å². The van der Waals surface area contributed by atoms with Gasteiger partial charge >= 0.3 is 11.9 Å². The number of benzene rings is 2. The molecule has 4 bridgehead atoms. The molecule has 3 unspecified atom stereocenters. The first-order valence-electron chi connectivity index (χ1n) is 10.7. The van der Waals surface area contributed by atoms with E-state index in [1.807, 2.05) is 0 Å². The summed E-state index contributed by atoms with van der Waals surface area (Å²) in [4.78, 5) is 34.7. The second-order valence-corrected chi connectivity index (χ2v) is 9.12. The third-order valence-electron chi connectivity index (χ3n) is 5.42. The summed E-state index contributed by atoms with van der Waals surface area (Å²) in [5.41, 5.74) is 0.525. The summed E-state index contributed by atoms with van der Waals surface area (Å²) < 4.78 is 27.9. The van der Waals surface area contributed by atoms with Crippen molar-refractivity contribution in [3.63, 3.8) is 0 Å². The molecule has 0 radical (unpaired) electrons. The quantitative estimate of drug-likeness (QED) is 0.601. The van der Waals surface area contributed by atoms with Gasteiger partial charge in [0.25, 0.3) is 6.48 Å². The maximum Gasteiger partial charge on any atom is 0.338 e. The second kappa shape index (κ2) is 10.6. The zero-order valence-electron chi connectivity index (χ0n) is 18.6. The van der Waals surface area contributed by atoms with Gasteiger partial charge in [-0.2, -0.15) is 0 Å². The molecule has 0 aromatic heterocycles. The van der Waals surface area contributed by atoms with Crippen LogP contribution in [-0.2, 0) is 28.5 Å². The maximum atomic E-state index is 12.6. The van der Waals surface area contributed by atoms with Crippen LogP contribution in [-0.4, -0.2) is 65.9 Å². The Morgan fingerprint density at radius 1 is 0.714 bits per heavy atom. The Labute approximate surface area is 210 Å². The molecule has 11 heteroatoms. The van der Waals surface area contributed by atoms with E-state index in [0.717, 1.165) is 0 Å². The van der Waals surface area contributed by atoms with Gasteiger partial charge in [0.05, 0.1) is 11.1 Å². The molecular formula is C24H22Cl2O9. The Balaban J connectivity index is 0.000000672. The summed E-state index contributed by atoms with van der Waals surface area (Å²) in [7, 11) is 0. The highest BCUT2D eigenvalue weighted by Gasteiger charge is 2.64. The van der Waals surface area contributed by atoms with E-state index >= 15 is 0 Å². The molecule has 1 N–H and O–H groups in total. The number of ketones is 1. The number of carbonyl (C=O) groups is 3. The molecule has 6 rings (SSSR count). The minimum absolute atomic E-state index is 0.167. The van der Waals surface area contributed by atoms with E-state index in [4.69, 9.17) is 46.9 Å². The van der Waals surface area contributed by atoms with Gasteiger partial charge in [-0.05, 0) is 62.4 Å². The largest absolute Gasteiger partial charge is 0.453 e. The van der Waals surface area contributed by atoms with Crippen molar-refractivity contribution in [3.8, 4) is 0 Å². The first-order chi connectivity index (χ1) is 16.6. The molecule has 4 aliphatic rings. The van der Waals surface area contributed by atoms with Crippen LogP contribution in [0.4, 0.5) is 0 Å². The van der Waals surface area contributed by atoms with Crippen molar-refractivity contribution >= 4 is 40.9 Å². The molecule has 9 nitrogen and oxygen atoms in total. The number of hydrogen-bond donors (Lipinski definition) is 1. The first kappa shape index (κ1) is 25.6. The lowest BCUT2D eigenvalue weighted by Gasteiger charge is -2.56. The van der Waals surface area contributed by atoms with Gasteiger partial charge in [-0.3, -0.25) is 0 Å². The van der Waals surface area contributed by atoms with E-state index in [9.17, 15) is 19.5 Å². The first-order valence-corrected chi connectivity index (χ1v) is 11.4. The van der Waals surface area contributed by atoms with Crippen LogP contribution >= 0.6 is 23.2 Å². The van der Waals surface area contributed by atoms with Crippen molar-refractivity contribution in [2.75, 3.05) is 0 Å². The zero-order valence-corrected chi connectivity index (χ0v) is 20.1. The van der Waals surface area contributed by atoms with Crippen LogP contribution in [0.5, 0.6) is 0 Å². The van der Waals surface area contributed by atoms with E-state index in [2.05, 4.69) is 0 Å². The average molecular weight is 525 g/mol. The summed E-state index contributed by atoms with van der Waals surface area (Å²) in [6, 6.07) is 12.3. The number of halogens is 2. The molecule has 0 spiro atoms. The Morgan fingerprint density at radius 2 is 1.06 bits per heavy atom.